The van der Waals surface area contributed by atoms with Crippen molar-refractivity contribution in [3.05, 3.63) is 47.1 Å². The molecular weight excluding hydrogens is 192 g/mol. The zero-order chi connectivity index (χ0) is 11.2. The van der Waals surface area contributed by atoms with Crippen LogP contribution in [0.3, 0.4) is 0 Å². The van der Waals surface area contributed by atoms with Gasteiger partial charge in [0, 0.05) is 0 Å². The Balaban J connectivity index is 1.98. The number of hydrogen-bond acceptors (Lipinski definition) is 0. The first kappa shape index (κ1) is 10.1. The second-order valence-electron chi connectivity index (χ2n) is 5.91. The highest BCUT2D eigenvalue weighted by atomic mass is 14.4. The van der Waals surface area contributed by atoms with Gasteiger partial charge in [-0.1, -0.05) is 55.4 Å². The Morgan fingerprint density at radius 3 is 2.75 bits per heavy atom. The second-order valence-corrected chi connectivity index (χ2v) is 5.91. The van der Waals surface area contributed by atoms with Crippen LogP contribution in [-0.4, -0.2) is 0 Å². The topological polar surface area (TPSA) is 0 Å². The van der Waals surface area contributed by atoms with Crippen LogP contribution in [0.5, 0.6) is 0 Å². The van der Waals surface area contributed by atoms with Gasteiger partial charge in [0.1, 0.15) is 0 Å². The smallest absolute Gasteiger partial charge is 0.00734 e. The quantitative estimate of drug-likeness (QED) is 0.516. The molecule has 0 saturated carbocycles. The van der Waals surface area contributed by atoms with Gasteiger partial charge in [-0.25, -0.2) is 0 Å². The van der Waals surface area contributed by atoms with Crippen LogP contribution < -0.4 is 0 Å². The molecule has 0 N–H and O–H groups in total. The van der Waals surface area contributed by atoms with Crippen LogP contribution in [0.15, 0.2) is 47.1 Å². The predicted octanol–water partition coefficient (Wildman–Crippen LogP) is 4.57. The van der Waals surface area contributed by atoms with Gasteiger partial charge in [0.15, 0.2) is 0 Å². The van der Waals surface area contributed by atoms with Crippen LogP contribution in [0.25, 0.3) is 0 Å². The van der Waals surface area contributed by atoms with E-state index in [0.717, 1.165) is 12.3 Å². The van der Waals surface area contributed by atoms with E-state index in [0.29, 0.717) is 5.41 Å². The summed E-state index contributed by atoms with van der Waals surface area (Å²) >= 11 is 0. The summed E-state index contributed by atoms with van der Waals surface area (Å²) < 4.78 is 0. The Kier molecular flexibility index (Phi) is 2.20. The lowest BCUT2D eigenvalue weighted by Gasteiger charge is -2.40. The van der Waals surface area contributed by atoms with E-state index < -0.39 is 0 Å². The van der Waals surface area contributed by atoms with E-state index in [4.69, 9.17) is 0 Å². The van der Waals surface area contributed by atoms with E-state index >= 15 is 0 Å². The van der Waals surface area contributed by atoms with Crippen molar-refractivity contribution in [1.29, 1.82) is 0 Å². The summed E-state index contributed by atoms with van der Waals surface area (Å²) in [7, 11) is 0. The third-order valence-corrected chi connectivity index (χ3v) is 4.38. The highest BCUT2D eigenvalue weighted by Gasteiger charge is 2.35. The molecule has 3 rings (SSSR count). The van der Waals surface area contributed by atoms with E-state index in [-0.39, 0.29) is 0 Å². The Bertz CT molecular complexity index is 427. The summed E-state index contributed by atoms with van der Waals surface area (Å²) in [6.45, 7) is 4.76. The average Bonchev–Trinajstić information content (AvgIpc) is 2.27. The van der Waals surface area contributed by atoms with Crippen molar-refractivity contribution in [3.63, 3.8) is 0 Å². The van der Waals surface area contributed by atoms with Crippen molar-refractivity contribution in [2.75, 3.05) is 0 Å². The normalized spacial score (nSPS) is 30.9. The van der Waals surface area contributed by atoms with E-state index in [1.54, 1.807) is 16.7 Å². The molecule has 3 aliphatic carbocycles. The van der Waals surface area contributed by atoms with Crippen LogP contribution in [-0.2, 0) is 0 Å². The van der Waals surface area contributed by atoms with E-state index in [2.05, 4.69) is 44.2 Å². The maximum Gasteiger partial charge on any atom is -0.00734 e. The van der Waals surface area contributed by atoms with Crippen molar-refractivity contribution in [2.45, 2.75) is 39.5 Å². The molecule has 0 spiro atoms. The predicted molar refractivity (Wildman–Crippen MR) is 69.1 cm³/mol. The van der Waals surface area contributed by atoms with Crippen molar-refractivity contribution in [2.24, 2.45) is 11.3 Å². The first-order valence-corrected chi connectivity index (χ1v) is 6.41. The zero-order valence-electron chi connectivity index (χ0n) is 10.3. The molecular formula is C16H20. The molecule has 84 valence electrons. The third kappa shape index (κ3) is 1.52. The van der Waals surface area contributed by atoms with Crippen LogP contribution in [0, 0.1) is 11.3 Å². The van der Waals surface area contributed by atoms with Crippen LogP contribution in [0.4, 0.5) is 0 Å². The average molecular weight is 212 g/mol. The molecule has 0 radical (unpaired) electrons. The third-order valence-electron chi connectivity index (χ3n) is 4.38. The summed E-state index contributed by atoms with van der Waals surface area (Å²) in [6.07, 6.45) is 16.7. The molecule has 0 aromatic rings. The summed E-state index contributed by atoms with van der Waals surface area (Å²) in [5.74, 6) is 0.753. The lowest BCUT2D eigenvalue weighted by Crippen LogP contribution is -2.29. The fourth-order valence-electron chi connectivity index (χ4n) is 3.35. The van der Waals surface area contributed by atoms with Gasteiger partial charge in [-0.2, -0.15) is 0 Å². The van der Waals surface area contributed by atoms with Crippen molar-refractivity contribution >= 4 is 0 Å². The lowest BCUT2D eigenvalue weighted by atomic mass is 9.64. The van der Waals surface area contributed by atoms with Gasteiger partial charge in [0.2, 0.25) is 0 Å². The molecule has 1 atom stereocenters. The summed E-state index contributed by atoms with van der Waals surface area (Å²) in [5.41, 5.74) is 5.32. The highest BCUT2D eigenvalue weighted by Crippen LogP contribution is 2.47. The minimum Gasteiger partial charge on any atom is -0.0841 e. The summed E-state index contributed by atoms with van der Waals surface area (Å²) in [5, 5.41) is 0. The maximum atomic E-state index is 2.50. The minimum absolute atomic E-state index is 0.351. The Hall–Kier alpha value is -1.04. The molecule has 0 nitrogen and oxygen atoms in total. The van der Waals surface area contributed by atoms with Gasteiger partial charge in [0.25, 0.3) is 0 Å². The molecule has 3 aliphatic rings. The molecule has 0 saturated heterocycles. The standard InChI is InChI=1S/C16H20/c1-16(2)9-5-8-14-10-12-6-3-4-7-13(12)11-15(14)16/h3-5,9-10,15H,6-8,11H2,1-2H3. The molecule has 0 aromatic heterocycles. The van der Waals surface area contributed by atoms with Gasteiger partial charge in [-0.3, -0.25) is 0 Å². The Labute approximate surface area is 98.4 Å². The lowest BCUT2D eigenvalue weighted by molar-refractivity contribution is 0.304. The molecule has 0 heterocycles. The molecule has 0 heteroatoms. The van der Waals surface area contributed by atoms with E-state index in [9.17, 15) is 0 Å². The zero-order valence-corrected chi connectivity index (χ0v) is 10.3. The number of rotatable bonds is 0. The fourth-order valence-corrected chi connectivity index (χ4v) is 3.35. The van der Waals surface area contributed by atoms with Gasteiger partial charge in [0.05, 0.1) is 0 Å². The number of hydrogen-bond donors (Lipinski definition) is 0. The maximum absolute atomic E-state index is 2.50. The van der Waals surface area contributed by atoms with Crippen molar-refractivity contribution < 1.29 is 0 Å². The first-order chi connectivity index (χ1) is 7.67. The molecule has 0 aliphatic heterocycles. The minimum atomic E-state index is 0.351. The van der Waals surface area contributed by atoms with Gasteiger partial charge >= 0.3 is 0 Å². The SMILES string of the molecule is CC1(C)C=CCC2=CC3=C(CC=CC3)CC21. The van der Waals surface area contributed by atoms with Crippen molar-refractivity contribution in [1.82, 2.24) is 0 Å². The second kappa shape index (κ2) is 3.48. The van der Waals surface area contributed by atoms with Gasteiger partial charge in [-0.15, -0.1) is 0 Å². The largest absolute Gasteiger partial charge is 0.0841 e. The fraction of sp³-hybridized carbons (Fsp3) is 0.500. The highest BCUT2D eigenvalue weighted by molar-refractivity contribution is 5.42. The van der Waals surface area contributed by atoms with Crippen LogP contribution >= 0.6 is 0 Å². The molecule has 16 heavy (non-hydrogen) atoms. The molecule has 0 bridgehead atoms. The Morgan fingerprint density at radius 1 is 1.06 bits per heavy atom. The Morgan fingerprint density at radius 2 is 1.88 bits per heavy atom. The molecule has 0 fully saturated rings. The van der Waals surface area contributed by atoms with E-state index in [1.165, 1.54) is 19.3 Å². The van der Waals surface area contributed by atoms with E-state index in [1.807, 2.05) is 0 Å². The van der Waals surface area contributed by atoms with Crippen LogP contribution in [0.2, 0.25) is 0 Å². The summed E-state index contributed by atoms with van der Waals surface area (Å²) in [6, 6.07) is 0. The number of fused-ring (bicyclic) bond motifs is 1. The molecule has 0 amide bonds. The van der Waals surface area contributed by atoms with Crippen molar-refractivity contribution in [3.8, 4) is 0 Å². The first-order valence-electron chi connectivity index (χ1n) is 6.41. The molecule has 0 aromatic carbocycles. The monoisotopic (exact) mass is 212 g/mol. The number of allylic oxidation sites excluding steroid dienone is 8. The molecule has 1 unspecified atom stereocenters. The van der Waals surface area contributed by atoms with Gasteiger partial charge < -0.3 is 0 Å². The van der Waals surface area contributed by atoms with Gasteiger partial charge in [-0.05, 0) is 42.6 Å². The summed E-state index contributed by atoms with van der Waals surface area (Å²) in [4.78, 5) is 0. The van der Waals surface area contributed by atoms with Crippen LogP contribution in [0.1, 0.15) is 39.5 Å².